The molecule has 0 heterocycles. The average molecular weight is 276 g/mol. The van der Waals surface area contributed by atoms with Crippen LogP contribution in [0.15, 0.2) is 0 Å². The van der Waals surface area contributed by atoms with Crippen LogP contribution in [0.25, 0.3) is 0 Å². The van der Waals surface area contributed by atoms with Gasteiger partial charge < -0.3 is 14.2 Å². The van der Waals surface area contributed by atoms with Gasteiger partial charge in [0.1, 0.15) is 6.10 Å². The van der Waals surface area contributed by atoms with Crippen molar-refractivity contribution in [1.29, 1.82) is 0 Å². The Morgan fingerprint density at radius 1 is 1.16 bits per heavy atom. The minimum absolute atomic E-state index is 0. The summed E-state index contributed by atoms with van der Waals surface area (Å²) in [5.41, 5.74) is -0.141. The molecule has 4 nitrogen and oxygen atoms in total. The van der Waals surface area contributed by atoms with Crippen molar-refractivity contribution >= 4 is 5.97 Å². The van der Waals surface area contributed by atoms with Gasteiger partial charge in [-0.1, -0.05) is 21.3 Å². The third-order valence-corrected chi connectivity index (χ3v) is 2.45. The van der Waals surface area contributed by atoms with Crippen LogP contribution in [0.4, 0.5) is 0 Å². The number of esters is 1. The molecule has 0 saturated heterocycles. The Morgan fingerprint density at radius 3 is 2.21 bits per heavy atom. The monoisotopic (exact) mass is 276 g/mol. The molecule has 0 saturated carbocycles. The van der Waals surface area contributed by atoms with Gasteiger partial charge in [0, 0.05) is 0 Å². The Hall–Kier alpha value is -0.610. The fourth-order valence-electron chi connectivity index (χ4n) is 1.17. The van der Waals surface area contributed by atoms with Crippen LogP contribution < -0.4 is 0 Å². The van der Waals surface area contributed by atoms with Crippen LogP contribution in [-0.2, 0) is 19.0 Å². The Kier molecular flexibility index (Phi) is 11.1. The SMILES string of the molecule is C.CCC(C)C(=O)OC(C)COCCOC(C)(C)C. The van der Waals surface area contributed by atoms with Crippen LogP contribution in [0.1, 0.15) is 55.4 Å². The number of hydrogen-bond donors (Lipinski definition) is 0. The Labute approximate surface area is 118 Å². The lowest BCUT2D eigenvalue weighted by Gasteiger charge is -2.20. The van der Waals surface area contributed by atoms with Crippen molar-refractivity contribution in [2.45, 2.75) is 67.1 Å². The van der Waals surface area contributed by atoms with E-state index in [0.29, 0.717) is 19.8 Å². The van der Waals surface area contributed by atoms with Crippen LogP contribution in [0.2, 0.25) is 0 Å². The summed E-state index contributed by atoms with van der Waals surface area (Å²) in [6.45, 7) is 13.2. The van der Waals surface area contributed by atoms with Gasteiger partial charge in [0.05, 0.1) is 31.3 Å². The summed E-state index contributed by atoms with van der Waals surface area (Å²) in [4.78, 5) is 11.5. The van der Waals surface area contributed by atoms with E-state index in [-0.39, 0.29) is 31.0 Å². The van der Waals surface area contributed by atoms with E-state index in [0.717, 1.165) is 6.42 Å². The Balaban J connectivity index is 0. The maximum atomic E-state index is 11.5. The molecule has 0 rings (SSSR count). The summed E-state index contributed by atoms with van der Waals surface area (Å²) < 4.78 is 16.2. The van der Waals surface area contributed by atoms with Gasteiger partial charge in [-0.25, -0.2) is 0 Å². The first-order valence-corrected chi connectivity index (χ1v) is 6.68. The molecule has 0 radical (unpaired) electrons. The molecule has 4 heteroatoms. The van der Waals surface area contributed by atoms with Gasteiger partial charge in [-0.2, -0.15) is 0 Å². The quantitative estimate of drug-likeness (QED) is 0.503. The fourth-order valence-corrected chi connectivity index (χ4v) is 1.17. The molecule has 0 N–H and O–H groups in total. The van der Waals surface area contributed by atoms with Gasteiger partial charge in [-0.3, -0.25) is 4.79 Å². The summed E-state index contributed by atoms with van der Waals surface area (Å²) in [7, 11) is 0. The van der Waals surface area contributed by atoms with Crippen molar-refractivity contribution in [3.63, 3.8) is 0 Å². The van der Waals surface area contributed by atoms with E-state index in [1.54, 1.807) is 0 Å². The van der Waals surface area contributed by atoms with Crippen molar-refractivity contribution in [2.75, 3.05) is 19.8 Å². The predicted octanol–water partition coefficient (Wildman–Crippen LogP) is 3.43. The molecule has 2 unspecified atom stereocenters. The molecular formula is C15H32O4. The lowest BCUT2D eigenvalue weighted by molar-refractivity contribution is -0.156. The second-order valence-electron chi connectivity index (χ2n) is 5.59. The molecule has 0 aromatic heterocycles. The second-order valence-corrected chi connectivity index (χ2v) is 5.59. The molecule has 0 fully saturated rings. The average Bonchev–Trinajstić information content (AvgIpc) is 2.25. The van der Waals surface area contributed by atoms with E-state index in [4.69, 9.17) is 14.2 Å². The predicted molar refractivity (Wildman–Crippen MR) is 78.3 cm³/mol. The highest BCUT2D eigenvalue weighted by molar-refractivity contribution is 5.72. The first-order chi connectivity index (χ1) is 8.26. The van der Waals surface area contributed by atoms with Crippen LogP contribution in [-0.4, -0.2) is 37.5 Å². The minimum Gasteiger partial charge on any atom is -0.460 e. The number of ether oxygens (including phenoxy) is 3. The van der Waals surface area contributed by atoms with Crippen LogP contribution in [0, 0.1) is 5.92 Å². The smallest absolute Gasteiger partial charge is 0.308 e. The molecule has 0 aromatic rings. The Bertz CT molecular complexity index is 233. The number of carbonyl (C=O) groups is 1. The maximum absolute atomic E-state index is 11.5. The number of carbonyl (C=O) groups excluding carboxylic acids is 1. The summed E-state index contributed by atoms with van der Waals surface area (Å²) in [6, 6.07) is 0. The zero-order valence-electron chi connectivity index (χ0n) is 12.6. The van der Waals surface area contributed by atoms with Gasteiger partial charge in [0.2, 0.25) is 0 Å². The van der Waals surface area contributed by atoms with Gasteiger partial charge in [-0.05, 0) is 34.1 Å². The summed E-state index contributed by atoms with van der Waals surface area (Å²) >= 11 is 0. The van der Waals surface area contributed by atoms with Gasteiger partial charge >= 0.3 is 5.97 Å². The third kappa shape index (κ3) is 12.2. The van der Waals surface area contributed by atoms with Crippen molar-refractivity contribution in [3.8, 4) is 0 Å². The molecule has 0 spiro atoms. The molecule has 0 bridgehead atoms. The van der Waals surface area contributed by atoms with Crippen LogP contribution in [0.5, 0.6) is 0 Å². The van der Waals surface area contributed by atoms with E-state index in [9.17, 15) is 4.79 Å². The highest BCUT2D eigenvalue weighted by Crippen LogP contribution is 2.07. The largest absolute Gasteiger partial charge is 0.460 e. The third-order valence-electron chi connectivity index (χ3n) is 2.45. The lowest BCUT2D eigenvalue weighted by atomic mass is 10.1. The zero-order chi connectivity index (χ0) is 14.2. The van der Waals surface area contributed by atoms with Crippen LogP contribution >= 0.6 is 0 Å². The maximum Gasteiger partial charge on any atom is 0.308 e. The van der Waals surface area contributed by atoms with E-state index < -0.39 is 0 Å². The first-order valence-electron chi connectivity index (χ1n) is 6.68. The number of rotatable bonds is 8. The van der Waals surface area contributed by atoms with E-state index in [1.165, 1.54) is 0 Å². The molecule has 0 amide bonds. The van der Waals surface area contributed by atoms with Crippen molar-refractivity contribution in [2.24, 2.45) is 5.92 Å². The van der Waals surface area contributed by atoms with E-state index >= 15 is 0 Å². The second kappa shape index (κ2) is 10.2. The standard InChI is InChI=1S/C14H28O4.CH4/c1-7-11(2)13(15)18-12(3)10-16-8-9-17-14(4,5)6;/h11-12H,7-10H2,1-6H3;1H4. The molecule has 19 heavy (non-hydrogen) atoms. The first kappa shape index (κ1) is 20.7. The molecule has 2 atom stereocenters. The normalized spacial score (nSPS) is 14.4. The molecule has 116 valence electrons. The summed E-state index contributed by atoms with van der Waals surface area (Å²) in [6.07, 6.45) is 0.590. The van der Waals surface area contributed by atoms with E-state index in [1.807, 2.05) is 41.5 Å². The highest BCUT2D eigenvalue weighted by Gasteiger charge is 2.15. The van der Waals surface area contributed by atoms with Gasteiger partial charge in [-0.15, -0.1) is 0 Å². The Morgan fingerprint density at radius 2 is 1.74 bits per heavy atom. The van der Waals surface area contributed by atoms with Crippen LogP contribution in [0.3, 0.4) is 0 Å². The zero-order valence-corrected chi connectivity index (χ0v) is 12.6. The number of hydrogen-bond acceptors (Lipinski definition) is 4. The van der Waals surface area contributed by atoms with Crippen molar-refractivity contribution in [1.82, 2.24) is 0 Å². The highest BCUT2D eigenvalue weighted by atomic mass is 16.6. The lowest BCUT2D eigenvalue weighted by Crippen LogP contribution is -2.26. The topological polar surface area (TPSA) is 44.8 Å². The molecule has 0 aliphatic rings. The minimum atomic E-state index is -0.207. The summed E-state index contributed by atoms with van der Waals surface area (Å²) in [5.74, 6) is -0.198. The summed E-state index contributed by atoms with van der Waals surface area (Å²) in [5, 5.41) is 0. The van der Waals surface area contributed by atoms with Gasteiger partial charge in [0.25, 0.3) is 0 Å². The van der Waals surface area contributed by atoms with Crippen molar-refractivity contribution < 1.29 is 19.0 Å². The van der Waals surface area contributed by atoms with E-state index in [2.05, 4.69) is 0 Å². The molecule has 0 aliphatic heterocycles. The van der Waals surface area contributed by atoms with Gasteiger partial charge in [0.15, 0.2) is 0 Å². The fraction of sp³-hybridized carbons (Fsp3) is 0.933. The molecule has 0 aromatic carbocycles. The molecule has 0 aliphatic carbocycles. The molecular weight excluding hydrogens is 244 g/mol. The van der Waals surface area contributed by atoms with Crippen molar-refractivity contribution in [3.05, 3.63) is 0 Å².